The zero-order valence-electron chi connectivity index (χ0n) is 9.47. The molecule has 0 spiro atoms. The Morgan fingerprint density at radius 2 is 2.24 bits per heavy atom. The molecule has 2 N–H and O–H groups in total. The van der Waals surface area contributed by atoms with Crippen LogP contribution in [0.3, 0.4) is 0 Å². The maximum absolute atomic E-state index is 5.94. The number of nitrogen functional groups attached to an aromatic ring is 1. The van der Waals surface area contributed by atoms with Gasteiger partial charge >= 0.3 is 0 Å². The second kappa shape index (κ2) is 4.09. The summed E-state index contributed by atoms with van der Waals surface area (Å²) in [4.78, 5) is 4.05. The number of rotatable bonds is 2. The second-order valence-corrected chi connectivity index (χ2v) is 4.29. The number of aryl methyl sites for hydroxylation is 1. The molecule has 0 aliphatic heterocycles. The molecule has 1 aromatic heterocycles. The lowest BCUT2D eigenvalue weighted by molar-refractivity contribution is 0.207. The number of nitrogens with two attached hydrogens (primary N) is 1. The first kappa shape index (κ1) is 10.1. The summed E-state index contributed by atoms with van der Waals surface area (Å²) in [5.41, 5.74) is 9.17. The van der Waals surface area contributed by atoms with E-state index in [1.54, 1.807) is 12.4 Å². The van der Waals surface area contributed by atoms with Gasteiger partial charge in [0.1, 0.15) is 11.9 Å². The van der Waals surface area contributed by atoms with Crippen molar-refractivity contribution < 1.29 is 4.74 Å². The summed E-state index contributed by atoms with van der Waals surface area (Å²) in [5.74, 6) is 0.813. The lowest BCUT2D eigenvalue weighted by Crippen LogP contribution is -2.04. The van der Waals surface area contributed by atoms with Gasteiger partial charge in [-0.15, -0.1) is 0 Å². The Morgan fingerprint density at radius 3 is 3.06 bits per heavy atom. The van der Waals surface area contributed by atoms with E-state index in [1.165, 1.54) is 11.1 Å². The van der Waals surface area contributed by atoms with Crippen molar-refractivity contribution in [1.82, 2.24) is 4.98 Å². The lowest BCUT2D eigenvalue weighted by atomic mass is 10.1. The number of anilines is 1. The van der Waals surface area contributed by atoms with Crippen LogP contribution in [-0.4, -0.2) is 4.98 Å². The fraction of sp³-hybridized carbons (Fsp3) is 0.214. The van der Waals surface area contributed by atoms with Crippen molar-refractivity contribution in [2.45, 2.75) is 18.9 Å². The van der Waals surface area contributed by atoms with E-state index in [4.69, 9.17) is 10.5 Å². The van der Waals surface area contributed by atoms with Crippen LogP contribution in [0.5, 0.6) is 5.75 Å². The quantitative estimate of drug-likeness (QED) is 0.801. The van der Waals surface area contributed by atoms with Crippen molar-refractivity contribution in [3.05, 3.63) is 53.9 Å². The normalized spacial score (nSPS) is 17.8. The van der Waals surface area contributed by atoms with Gasteiger partial charge in [-0.3, -0.25) is 4.98 Å². The first-order valence-electron chi connectivity index (χ1n) is 5.78. The lowest BCUT2D eigenvalue weighted by Gasteiger charge is -2.14. The first-order chi connectivity index (χ1) is 8.33. The highest BCUT2D eigenvalue weighted by atomic mass is 16.5. The van der Waals surface area contributed by atoms with E-state index < -0.39 is 0 Å². The average molecular weight is 226 g/mol. The first-order valence-corrected chi connectivity index (χ1v) is 5.78. The van der Waals surface area contributed by atoms with E-state index in [1.807, 2.05) is 24.3 Å². The number of fused-ring (bicyclic) bond motifs is 1. The topological polar surface area (TPSA) is 48.1 Å². The molecule has 0 radical (unpaired) electrons. The van der Waals surface area contributed by atoms with Gasteiger partial charge in [-0.1, -0.05) is 6.07 Å². The zero-order valence-corrected chi connectivity index (χ0v) is 9.47. The second-order valence-electron chi connectivity index (χ2n) is 4.29. The minimum atomic E-state index is 0.109. The van der Waals surface area contributed by atoms with Crippen LogP contribution in [0.25, 0.3) is 0 Å². The maximum Gasteiger partial charge on any atom is 0.138 e. The van der Waals surface area contributed by atoms with Gasteiger partial charge in [0.15, 0.2) is 0 Å². The fourth-order valence-electron chi connectivity index (χ4n) is 2.29. The summed E-state index contributed by atoms with van der Waals surface area (Å²) in [7, 11) is 0. The third-order valence-corrected chi connectivity index (χ3v) is 3.11. The van der Waals surface area contributed by atoms with E-state index in [0.717, 1.165) is 24.3 Å². The predicted molar refractivity (Wildman–Crippen MR) is 66.8 cm³/mol. The largest absolute Gasteiger partial charge is 0.484 e. The monoisotopic (exact) mass is 226 g/mol. The van der Waals surface area contributed by atoms with Crippen LogP contribution < -0.4 is 10.5 Å². The Bertz CT molecular complexity index is 525. The molecule has 86 valence electrons. The Kier molecular flexibility index (Phi) is 2.44. The third kappa shape index (κ3) is 1.96. The number of hydrogen-bond acceptors (Lipinski definition) is 3. The van der Waals surface area contributed by atoms with Gasteiger partial charge in [0.05, 0.1) is 6.20 Å². The van der Waals surface area contributed by atoms with E-state index in [-0.39, 0.29) is 6.10 Å². The number of hydrogen-bond donors (Lipinski definition) is 1. The molecule has 1 unspecified atom stereocenters. The zero-order chi connectivity index (χ0) is 11.7. The highest BCUT2D eigenvalue weighted by molar-refractivity contribution is 5.47. The van der Waals surface area contributed by atoms with Gasteiger partial charge in [-0.05, 0) is 48.2 Å². The van der Waals surface area contributed by atoms with Crippen molar-refractivity contribution in [2.24, 2.45) is 0 Å². The summed E-state index contributed by atoms with van der Waals surface area (Å²) in [5, 5.41) is 0. The van der Waals surface area contributed by atoms with Crippen molar-refractivity contribution in [3.63, 3.8) is 0 Å². The van der Waals surface area contributed by atoms with Gasteiger partial charge in [0.25, 0.3) is 0 Å². The third-order valence-electron chi connectivity index (χ3n) is 3.11. The number of aromatic nitrogens is 1. The van der Waals surface area contributed by atoms with Gasteiger partial charge in [0.2, 0.25) is 0 Å². The van der Waals surface area contributed by atoms with Crippen LogP contribution in [0.4, 0.5) is 5.69 Å². The molecule has 0 amide bonds. The predicted octanol–water partition coefficient (Wildman–Crippen LogP) is 2.73. The number of nitrogens with zero attached hydrogens (tertiary/aromatic N) is 1. The Balaban J connectivity index is 1.86. The maximum atomic E-state index is 5.94. The highest BCUT2D eigenvalue weighted by Crippen LogP contribution is 2.35. The van der Waals surface area contributed by atoms with Crippen molar-refractivity contribution in [3.8, 4) is 5.75 Å². The molecule has 3 heteroatoms. The SMILES string of the molecule is Nc1ccc2c(c1)C(Oc1cccnc1)CC2. The average Bonchev–Trinajstić information content (AvgIpc) is 2.73. The molecule has 3 nitrogen and oxygen atoms in total. The minimum absolute atomic E-state index is 0.109. The molecule has 1 aliphatic rings. The van der Waals surface area contributed by atoms with Gasteiger partial charge < -0.3 is 10.5 Å². The van der Waals surface area contributed by atoms with E-state index >= 15 is 0 Å². The molecule has 0 bridgehead atoms. The van der Waals surface area contributed by atoms with E-state index in [9.17, 15) is 0 Å². The van der Waals surface area contributed by atoms with Crippen LogP contribution in [0, 0.1) is 0 Å². The summed E-state index contributed by atoms with van der Waals surface area (Å²) in [6, 6.07) is 9.87. The number of pyridine rings is 1. The van der Waals surface area contributed by atoms with Crippen molar-refractivity contribution >= 4 is 5.69 Å². The van der Waals surface area contributed by atoms with Gasteiger partial charge in [0, 0.05) is 11.9 Å². The fourth-order valence-corrected chi connectivity index (χ4v) is 2.29. The van der Waals surface area contributed by atoms with Crippen LogP contribution in [0.15, 0.2) is 42.7 Å². The molecule has 1 aromatic carbocycles. The molecule has 0 saturated carbocycles. The van der Waals surface area contributed by atoms with Crippen molar-refractivity contribution in [1.29, 1.82) is 0 Å². The molecule has 0 fully saturated rings. The van der Waals surface area contributed by atoms with Crippen LogP contribution in [0.2, 0.25) is 0 Å². The molecule has 3 rings (SSSR count). The standard InChI is InChI=1S/C14H14N2O/c15-11-5-3-10-4-6-14(13(10)8-11)17-12-2-1-7-16-9-12/h1-3,5,7-9,14H,4,6,15H2. The summed E-state index contributed by atoms with van der Waals surface area (Å²) in [6.07, 6.45) is 5.66. The summed E-state index contributed by atoms with van der Waals surface area (Å²) < 4.78 is 5.94. The molecular weight excluding hydrogens is 212 g/mol. The van der Waals surface area contributed by atoms with Gasteiger partial charge in [-0.2, -0.15) is 0 Å². The van der Waals surface area contributed by atoms with Crippen LogP contribution in [-0.2, 0) is 6.42 Å². The minimum Gasteiger partial charge on any atom is -0.484 e. The van der Waals surface area contributed by atoms with E-state index in [0.29, 0.717) is 0 Å². The molecule has 1 aliphatic carbocycles. The van der Waals surface area contributed by atoms with Crippen molar-refractivity contribution in [2.75, 3.05) is 5.73 Å². The molecule has 2 aromatic rings. The highest BCUT2D eigenvalue weighted by Gasteiger charge is 2.24. The molecule has 17 heavy (non-hydrogen) atoms. The molecule has 1 heterocycles. The van der Waals surface area contributed by atoms with E-state index in [2.05, 4.69) is 11.1 Å². The molecule has 0 saturated heterocycles. The Labute approximate surface area is 100 Å². The molecular formula is C14H14N2O. The summed E-state index contributed by atoms with van der Waals surface area (Å²) >= 11 is 0. The Hall–Kier alpha value is -2.03. The number of benzene rings is 1. The van der Waals surface area contributed by atoms with Gasteiger partial charge in [-0.25, -0.2) is 0 Å². The Morgan fingerprint density at radius 1 is 1.29 bits per heavy atom. The van der Waals surface area contributed by atoms with Crippen LogP contribution in [0.1, 0.15) is 23.7 Å². The molecule has 1 atom stereocenters. The smallest absolute Gasteiger partial charge is 0.138 e. The van der Waals surface area contributed by atoms with Crippen LogP contribution >= 0.6 is 0 Å². The summed E-state index contributed by atoms with van der Waals surface area (Å²) in [6.45, 7) is 0. The number of ether oxygens (including phenoxy) is 1.